The highest BCUT2D eigenvalue weighted by atomic mass is 32.1. The number of carbonyl (C=O) groups is 1. The van der Waals surface area contributed by atoms with Gasteiger partial charge in [-0.15, -0.1) is 11.3 Å². The molecule has 0 atom stereocenters. The first-order valence-corrected chi connectivity index (χ1v) is 8.74. The zero-order valence-corrected chi connectivity index (χ0v) is 14.6. The lowest BCUT2D eigenvalue weighted by Crippen LogP contribution is -2.31. The fourth-order valence-corrected chi connectivity index (χ4v) is 3.16. The molecule has 7 nitrogen and oxygen atoms in total. The van der Waals surface area contributed by atoms with Crippen LogP contribution in [0, 0.1) is 6.92 Å². The largest absolute Gasteiger partial charge is 0.443 e. The van der Waals surface area contributed by atoms with Crippen molar-refractivity contribution >= 4 is 22.9 Å². The number of rotatable bonds is 4. The molecule has 0 unspecified atom stereocenters. The molecule has 0 aliphatic rings. The van der Waals surface area contributed by atoms with Gasteiger partial charge in [0.15, 0.2) is 0 Å². The summed E-state index contributed by atoms with van der Waals surface area (Å²) in [6, 6.07) is 7.41. The first kappa shape index (κ1) is 16.2. The fraction of sp³-hybridized carbons (Fsp3) is 0.111. The van der Waals surface area contributed by atoms with Gasteiger partial charge in [0.1, 0.15) is 17.5 Å². The third kappa shape index (κ3) is 3.02. The summed E-state index contributed by atoms with van der Waals surface area (Å²) in [6.45, 7) is 2.03. The van der Waals surface area contributed by atoms with E-state index in [0.717, 1.165) is 10.4 Å². The van der Waals surface area contributed by atoms with Crippen LogP contribution in [0.25, 0.3) is 16.4 Å². The van der Waals surface area contributed by atoms with Crippen LogP contribution in [0.2, 0.25) is 0 Å². The van der Waals surface area contributed by atoms with E-state index in [9.17, 15) is 9.59 Å². The molecule has 8 heteroatoms. The lowest BCUT2D eigenvalue weighted by atomic mass is 10.2. The summed E-state index contributed by atoms with van der Waals surface area (Å²) >= 11 is 1.52. The summed E-state index contributed by atoms with van der Waals surface area (Å²) < 4.78 is 6.78. The van der Waals surface area contributed by atoms with Gasteiger partial charge < -0.3 is 9.73 Å². The minimum Gasteiger partial charge on any atom is -0.443 e. The number of oxazole rings is 1. The third-order valence-electron chi connectivity index (χ3n) is 3.81. The van der Waals surface area contributed by atoms with E-state index < -0.39 is 11.5 Å². The maximum absolute atomic E-state index is 12.5. The molecule has 0 spiro atoms. The number of aromatic nitrogens is 3. The predicted octanol–water partition coefficient (Wildman–Crippen LogP) is 2.65. The van der Waals surface area contributed by atoms with E-state index in [4.69, 9.17) is 4.42 Å². The summed E-state index contributed by atoms with van der Waals surface area (Å²) in [5.41, 5.74) is 1.55. The van der Waals surface area contributed by atoms with Crippen LogP contribution in [0.3, 0.4) is 0 Å². The molecule has 0 bridgehead atoms. The maximum Gasteiger partial charge on any atom is 0.270 e. The Balaban J connectivity index is 1.53. The molecule has 0 fully saturated rings. The van der Waals surface area contributed by atoms with Gasteiger partial charge in [-0.05, 0) is 30.0 Å². The highest BCUT2D eigenvalue weighted by Crippen LogP contribution is 2.23. The van der Waals surface area contributed by atoms with Crippen molar-refractivity contribution in [3.63, 3.8) is 0 Å². The molecule has 4 aromatic rings. The van der Waals surface area contributed by atoms with Crippen molar-refractivity contribution in [3.8, 4) is 10.8 Å². The van der Waals surface area contributed by atoms with Gasteiger partial charge in [-0.1, -0.05) is 12.1 Å². The van der Waals surface area contributed by atoms with Crippen LogP contribution in [0.1, 0.15) is 21.6 Å². The van der Waals surface area contributed by atoms with Gasteiger partial charge in [0, 0.05) is 12.4 Å². The number of aryl methyl sites for hydroxylation is 1. The SMILES string of the molecule is Cc1ccc2ncc(C(=O)NCc3coc(-c4cccs4)n3)c(=O)n2c1. The lowest BCUT2D eigenvalue weighted by molar-refractivity contribution is 0.0948. The summed E-state index contributed by atoms with van der Waals surface area (Å²) in [6.07, 6.45) is 4.44. The quantitative estimate of drug-likeness (QED) is 0.600. The summed E-state index contributed by atoms with van der Waals surface area (Å²) in [4.78, 5) is 34.3. The number of amides is 1. The molecule has 1 N–H and O–H groups in total. The Morgan fingerprint density at radius 1 is 1.35 bits per heavy atom. The van der Waals surface area contributed by atoms with Crippen molar-refractivity contribution in [1.29, 1.82) is 0 Å². The Hall–Kier alpha value is -3.26. The number of pyridine rings is 1. The standard InChI is InChI=1S/C18H14N4O3S/c1-11-4-5-15-19-8-13(18(24)22(15)9-11)16(23)20-7-12-10-25-17(21-12)14-3-2-6-26-14/h2-6,8-10H,7H2,1H3,(H,20,23). The van der Waals surface area contributed by atoms with Gasteiger partial charge in [0.2, 0.25) is 5.89 Å². The molecule has 0 saturated heterocycles. The van der Waals surface area contributed by atoms with Crippen molar-refractivity contribution in [1.82, 2.24) is 19.7 Å². The van der Waals surface area contributed by atoms with Crippen molar-refractivity contribution in [2.24, 2.45) is 0 Å². The number of nitrogens with one attached hydrogen (secondary N) is 1. The highest BCUT2D eigenvalue weighted by molar-refractivity contribution is 7.13. The van der Waals surface area contributed by atoms with E-state index in [-0.39, 0.29) is 12.1 Å². The van der Waals surface area contributed by atoms with E-state index in [0.29, 0.717) is 17.2 Å². The molecule has 0 aliphatic heterocycles. The number of fused-ring (bicyclic) bond motifs is 1. The average Bonchev–Trinajstić information content (AvgIpc) is 3.32. The summed E-state index contributed by atoms with van der Waals surface area (Å²) in [5.74, 6) is 0.00578. The van der Waals surface area contributed by atoms with E-state index >= 15 is 0 Å². The van der Waals surface area contributed by atoms with Crippen molar-refractivity contribution in [2.45, 2.75) is 13.5 Å². The van der Waals surface area contributed by atoms with E-state index in [1.165, 1.54) is 28.2 Å². The average molecular weight is 366 g/mol. The topological polar surface area (TPSA) is 89.5 Å². The summed E-state index contributed by atoms with van der Waals surface area (Å²) in [7, 11) is 0. The zero-order valence-electron chi connectivity index (χ0n) is 13.8. The van der Waals surface area contributed by atoms with E-state index in [2.05, 4.69) is 15.3 Å². The Kier molecular flexibility index (Phi) is 4.10. The van der Waals surface area contributed by atoms with Crippen molar-refractivity contribution in [2.75, 3.05) is 0 Å². The normalized spacial score (nSPS) is 11.0. The van der Waals surface area contributed by atoms with Crippen LogP contribution in [0.15, 0.2) is 57.5 Å². The van der Waals surface area contributed by atoms with Gasteiger partial charge in [-0.3, -0.25) is 14.0 Å². The Morgan fingerprint density at radius 2 is 2.23 bits per heavy atom. The van der Waals surface area contributed by atoms with E-state index in [1.54, 1.807) is 12.3 Å². The van der Waals surface area contributed by atoms with Crippen molar-refractivity contribution in [3.05, 3.63) is 75.5 Å². The number of hydrogen-bond donors (Lipinski definition) is 1. The minimum absolute atomic E-state index is 0.0184. The second-order valence-corrected chi connectivity index (χ2v) is 6.66. The van der Waals surface area contributed by atoms with Gasteiger partial charge in [-0.25, -0.2) is 9.97 Å². The molecular formula is C18H14N4O3S. The minimum atomic E-state index is -0.501. The Morgan fingerprint density at radius 3 is 3.04 bits per heavy atom. The molecule has 26 heavy (non-hydrogen) atoms. The Bertz CT molecular complexity index is 1140. The van der Waals surface area contributed by atoms with Crippen LogP contribution in [0.4, 0.5) is 0 Å². The highest BCUT2D eigenvalue weighted by Gasteiger charge is 2.14. The number of carbonyl (C=O) groups excluding carboxylic acids is 1. The molecule has 4 heterocycles. The zero-order chi connectivity index (χ0) is 18.1. The predicted molar refractivity (Wildman–Crippen MR) is 97.2 cm³/mol. The molecule has 0 aliphatic carbocycles. The molecular weight excluding hydrogens is 352 g/mol. The maximum atomic E-state index is 12.5. The number of nitrogens with zero attached hydrogens (tertiary/aromatic N) is 3. The number of hydrogen-bond acceptors (Lipinski definition) is 6. The Labute approximate surface area is 152 Å². The van der Waals surface area contributed by atoms with Crippen molar-refractivity contribution < 1.29 is 9.21 Å². The lowest BCUT2D eigenvalue weighted by Gasteiger charge is -2.05. The molecule has 4 rings (SSSR count). The van der Waals surface area contributed by atoms with Crippen LogP contribution in [-0.4, -0.2) is 20.3 Å². The summed E-state index contributed by atoms with van der Waals surface area (Å²) in [5, 5.41) is 4.62. The molecule has 0 saturated carbocycles. The smallest absolute Gasteiger partial charge is 0.270 e. The van der Waals surface area contributed by atoms with Gasteiger partial charge in [0.05, 0.1) is 17.1 Å². The number of thiophene rings is 1. The second kappa shape index (κ2) is 6.57. The van der Waals surface area contributed by atoms with Crippen LogP contribution in [0.5, 0.6) is 0 Å². The van der Waals surface area contributed by atoms with Gasteiger partial charge in [0.25, 0.3) is 11.5 Å². The monoisotopic (exact) mass is 366 g/mol. The molecule has 1 amide bonds. The molecule has 0 radical (unpaired) electrons. The second-order valence-electron chi connectivity index (χ2n) is 5.72. The van der Waals surface area contributed by atoms with Gasteiger partial charge >= 0.3 is 0 Å². The van der Waals surface area contributed by atoms with Gasteiger partial charge in [-0.2, -0.15) is 0 Å². The van der Waals surface area contributed by atoms with Crippen LogP contribution >= 0.6 is 11.3 Å². The molecule has 0 aromatic carbocycles. The fourth-order valence-electron chi connectivity index (χ4n) is 2.51. The van der Waals surface area contributed by atoms with E-state index in [1.807, 2.05) is 30.5 Å². The molecule has 130 valence electrons. The van der Waals surface area contributed by atoms with Crippen LogP contribution in [-0.2, 0) is 6.54 Å². The first-order chi connectivity index (χ1) is 12.6. The first-order valence-electron chi connectivity index (χ1n) is 7.86. The third-order valence-corrected chi connectivity index (χ3v) is 4.67. The van der Waals surface area contributed by atoms with Crippen LogP contribution < -0.4 is 10.9 Å². The molecule has 4 aromatic heterocycles.